The van der Waals surface area contributed by atoms with Crippen molar-refractivity contribution in [2.75, 3.05) is 6.54 Å². The summed E-state index contributed by atoms with van der Waals surface area (Å²) in [5.41, 5.74) is -0.244. The van der Waals surface area contributed by atoms with E-state index >= 15 is 0 Å². The lowest BCUT2D eigenvalue weighted by Gasteiger charge is -2.22. The van der Waals surface area contributed by atoms with E-state index in [4.69, 9.17) is 0 Å². The molecule has 2 bridgehead atoms. The Morgan fingerprint density at radius 3 is 2.37 bits per heavy atom. The molecule has 0 aromatic heterocycles. The minimum Gasteiger partial charge on any atom is -0.350 e. The molecular formula is C15H26N2O2. The van der Waals surface area contributed by atoms with Gasteiger partial charge in [0, 0.05) is 12.0 Å². The van der Waals surface area contributed by atoms with E-state index in [1.54, 1.807) is 0 Å². The first-order chi connectivity index (χ1) is 8.83. The number of amides is 2. The minimum absolute atomic E-state index is 0.0293. The first kappa shape index (κ1) is 14.4. The molecule has 2 fully saturated rings. The van der Waals surface area contributed by atoms with Crippen molar-refractivity contribution in [3.63, 3.8) is 0 Å². The van der Waals surface area contributed by atoms with Crippen molar-refractivity contribution >= 4 is 11.8 Å². The van der Waals surface area contributed by atoms with Crippen molar-refractivity contribution < 1.29 is 9.59 Å². The summed E-state index contributed by atoms with van der Waals surface area (Å²) < 4.78 is 0. The van der Waals surface area contributed by atoms with Gasteiger partial charge in [0.05, 0.1) is 6.54 Å². The smallest absolute Gasteiger partial charge is 0.239 e. The van der Waals surface area contributed by atoms with Gasteiger partial charge in [0.1, 0.15) is 0 Å². The zero-order valence-corrected chi connectivity index (χ0v) is 12.3. The molecule has 3 atom stereocenters. The summed E-state index contributed by atoms with van der Waals surface area (Å²) in [6.45, 7) is 5.89. The van der Waals surface area contributed by atoms with Gasteiger partial charge in [0.15, 0.2) is 0 Å². The van der Waals surface area contributed by atoms with Crippen molar-refractivity contribution in [1.82, 2.24) is 10.6 Å². The SMILES string of the molecule is CC(C)(C)NC(=O)CNC(=O)C[C@@H]1C[C@@H]2CC[C@H]1C2. The number of nitrogens with one attached hydrogen (secondary N) is 2. The van der Waals surface area contributed by atoms with Crippen LogP contribution in [0.15, 0.2) is 0 Å². The van der Waals surface area contributed by atoms with Gasteiger partial charge in [-0.3, -0.25) is 9.59 Å². The van der Waals surface area contributed by atoms with E-state index in [0.717, 1.165) is 11.8 Å². The zero-order valence-electron chi connectivity index (χ0n) is 12.3. The molecule has 2 rings (SSSR count). The highest BCUT2D eigenvalue weighted by Gasteiger charge is 2.40. The zero-order chi connectivity index (χ0) is 14.0. The van der Waals surface area contributed by atoms with Gasteiger partial charge in [-0.05, 0) is 57.8 Å². The molecule has 2 aliphatic carbocycles. The number of rotatable bonds is 4. The van der Waals surface area contributed by atoms with Gasteiger partial charge in [0.25, 0.3) is 0 Å². The quantitative estimate of drug-likeness (QED) is 0.816. The van der Waals surface area contributed by atoms with Crippen LogP contribution in [0.3, 0.4) is 0 Å². The number of fused-ring (bicyclic) bond motifs is 2. The Balaban J connectivity index is 1.66. The molecule has 0 unspecified atom stereocenters. The second-order valence-electron chi connectivity index (χ2n) is 7.21. The second kappa shape index (κ2) is 5.51. The Hall–Kier alpha value is -1.06. The lowest BCUT2D eigenvalue weighted by atomic mass is 9.86. The Morgan fingerprint density at radius 2 is 1.84 bits per heavy atom. The summed E-state index contributed by atoms with van der Waals surface area (Å²) in [4.78, 5) is 23.5. The first-order valence-electron chi connectivity index (χ1n) is 7.41. The van der Waals surface area contributed by atoms with Crippen LogP contribution in [0.5, 0.6) is 0 Å². The monoisotopic (exact) mass is 266 g/mol. The van der Waals surface area contributed by atoms with Crippen molar-refractivity contribution in [1.29, 1.82) is 0 Å². The fraction of sp³-hybridized carbons (Fsp3) is 0.867. The highest BCUT2D eigenvalue weighted by atomic mass is 16.2. The van der Waals surface area contributed by atoms with Crippen LogP contribution in [0.25, 0.3) is 0 Å². The van der Waals surface area contributed by atoms with Crippen LogP contribution in [0, 0.1) is 17.8 Å². The highest BCUT2D eigenvalue weighted by Crippen LogP contribution is 2.49. The molecule has 0 spiro atoms. The van der Waals surface area contributed by atoms with Crippen LogP contribution in [0.1, 0.15) is 52.9 Å². The van der Waals surface area contributed by atoms with Crippen LogP contribution < -0.4 is 10.6 Å². The standard InChI is InChI=1S/C15H26N2O2/c1-15(2,3)17-14(19)9-16-13(18)8-12-7-10-4-5-11(12)6-10/h10-12H,4-9H2,1-3H3,(H,16,18)(H,17,19)/t10-,11+,12+/m1/s1. The van der Waals surface area contributed by atoms with E-state index in [2.05, 4.69) is 10.6 Å². The molecule has 4 heteroatoms. The Kier molecular flexibility index (Phi) is 4.16. The first-order valence-corrected chi connectivity index (χ1v) is 7.41. The maximum atomic E-state index is 11.9. The molecule has 2 N–H and O–H groups in total. The van der Waals surface area contributed by atoms with E-state index < -0.39 is 0 Å². The summed E-state index contributed by atoms with van der Waals surface area (Å²) in [5, 5.41) is 5.58. The van der Waals surface area contributed by atoms with E-state index in [-0.39, 0.29) is 23.9 Å². The summed E-state index contributed by atoms with van der Waals surface area (Å²) in [7, 11) is 0. The number of carbonyl (C=O) groups is 2. The van der Waals surface area contributed by atoms with Crippen LogP contribution >= 0.6 is 0 Å². The van der Waals surface area contributed by atoms with Gasteiger partial charge in [0.2, 0.25) is 11.8 Å². The molecule has 0 aliphatic heterocycles. The minimum atomic E-state index is -0.244. The number of carbonyl (C=O) groups excluding carboxylic acids is 2. The van der Waals surface area contributed by atoms with E-state index in [1.807, 2.05) is 20.8 Å². The fourth-order valence-corrected chi connectivity index (χ4v) is 3.58. The largest absolute Gasteiger partial charge is 0.350 e. The summed E-state index contributed by atoms with van der Waals surface area (Å²) in [6.07, 6.45) is 5.79. The highest BCUT2D eigenvalue weighted by molar-refractivity contribution is 5.85. The third-order valence-corrected chi connectivity index (χ3v) is 4.29. The van der Waals surface area contributed by atoms with Gasteiger partial charge in [-0.2, -0.15) is 0 Å². The summed E-state index contributed by atoms with van der Waals surface area (Å²) in [5.74, 6) is 2.10. The number of hydrogen-bond acceptors (Lipinski definition) is 2. The maximum absolute atomic E-state index is 11.9. The molecule has 2 saturated carbocycles. The fourth-order valence-electron chi connectivity index (χ4n) is 3.58. The predicted octanol–water partition coefficient (Wildman–Crippen LogP) is 1.84. The van der Waals surface area contributed by atoms with Gasteiger partial charge >= 0.3 is 0 Å². The summed E-state index contributed by atoms with van der Waals surface area (Å²) in [6, 6.07) is 0. The third kappa shape index (κ3) is 4.22. The topological polar surface area (TPSA) is 58.2 Å². The van der Waals surface area contributed by atoms with Crippen molar-refractivity contribution in [2.24, 2.45) is 17.8 Å². The molecule has 0 heterocycles. The van der Waals surface area contributed by atoms with Gasteiger partial charge < -0.3 is 10.6 Å². The number of hydrogen-bond donors (Lipinski definition) is 2. The average Bonchev–Trinajstić information content (AvgIpc) is 2.85. The Morgan fingerprint density at radius 1 is 1.11 bits per heavy atom. The molecule has 2 amide bonds. The lowest BCUT2D eigenvalue weighted by Crippen LogP contribution is -2.46. The van der Waals surface area contributed by atoms with Crippen molar-refractivity contribution in [3.8, 4) is 0 Å². The van der Waals surface area contributed by atoms with Crippen LogP contribution in [0.4, 0.5) is 0 Å². The van der Waals surface area contributed by atoms with Crippen LogP contribution in [-0.4, -0.2) is 23.9 Å². The molecule has 108 valence electrons. The molecule has 0 radical (unpaired) electrons. The molecule has 0 aromatic carbocycles. The average molecular weight is 266 g/mol. The molecule has 0 aromatic rings. The molecule has 4 nitrogen and oxygen atoms in total. The van der Waals surface area contributed by atoms with Crippen molar-refractivity contribution in [2.45, 2.75) is 58.4 Å². The van der Waals surface area contributed by atoms with Gasteiger partial charge in [-0.25, -0.2) is 0 Å². The van der Waals surface area contributed by atoms with Crippen LogP contribution in [0.2, 0.25) is 0 Å². The van der Waals surface area contributed by atoms with Crippen LogP contribution in [-0.2, 0) is 9.59 Å². The van der Waals surface area contributed by atoms with Gasteiger partial charge in [-0.1, -0.05) is 6.42 Å². The van der Waals surface area contributed by atoms with E-state index in [0.29, 0.717) is 12.3 Å². The lowest BCUT2D eigenvalue weighted by molar-refractivity contribution is -0.127. The van der Waals surface area contributed by atoms with Crippen molar-refractivity contribution in [3.05, 3.63) is 0 Å². The Bertz CT molecular complexity index is 360. The van der Waals surface area contributed by atoms with E-state index in [1.165, 1.54) is 25.7 Å². The maximum Gasteiger partial charge on any atom is 0.239 e. The second-order valence-corrected chi connectivity index (χ2v) is 7.21. The Labute approximate surface area is 115 Å². The third-order valence-electron chi connectivity index (χ3n) is 4.29. The molecule has 0 saturated heterocycles. The van der Waals surface area contributed by atoms with E-state index in [9.17, 15) is 9.59 Å². The normalized spacial score (nSPS) is 29.3. The van der Waals surface area contributed by atoms with Gasteiger partial charge in [-0.15, -0.1) is 0 Å². The summed E-state index contributed by atoms with van der Waals surface area (Å²) >= 11 is 0. The molecular weight excluding hydrogens is 240 g/mol. The predicted molar refractivity (Wildman–Crippen MR) is 74.5 cm³/mol. The molecule has 2 aliphatic rings. The molecule has 19 heavy (non-hydrogen) atoms.